The first kappa shape index (κ1) is 20.0. The largest absolute Gasteiger partial charge is 0.379 e. The van der Waals surface area contributed by atoms with Crippen LogP contribution in [0, 0.1) is 5.41 Å². The van der Waals surface area contributed by atoms with Crippen LogP contribution in [-0.4, -0.2) is 79.6 Å². The molecule has 1 aliphatic carbocycles. The molecule has 4 heterocycles. The highest BCUT2D eigenvalue weighted by Gasteiger charge is 2.50. The Morgan fingerprint density at radius 1 is 1.00 bits per heavy atom. The van der Waals surface area contributed by atoms with Gasteiger partial charge in [0.1, 0.15) is 0 Å². The summed E-state index contributed by atoms with van der Waals surface area (Å²) in [6, 6.07) is 4.71. The fraction of sp³-hybridized carbons (Fsp3) is 0.783. The molecule has 0 N–H and O–H groups in total. The first-order valence-corrected chi connectivity index (χ1v) is 12.4. The number of ether oxygens (including phenoxy) is 1. The summed E-state index contributed by atoms with van der Waals surface area (Å²) in [4.78, 5) is 23.4. The lowest BCUT2D eigenvalue weighted by atomic mass is 9.85. The molecule has 1 aromatic rings. The Balaban J connectivity index is 1.13. The molecule has 0 aromatic carbocycles. The highest BCUT2D eigenvalue weighted by molar-refractivity contribution is 7.12. The monoisotopic (exact) mass is 417 g/mol. The van der Waals surface area contributed by atoms with E-state index in [0.29, 0.717) is 5.91 Å². The Morgan fingerprint density at radius 2 is 1.79 bits per heavy atom. The van der Waals surface area contributed by atoms with Crippen LogP contribution in [0.2, 0.25) is 0 Å². The summed E-state index contributed by atoms with van der Waals surface area (Å²) in [5, 5.41) is 0. The van der Waals surface area contributed by atoms with Crippen molar-refractivity contribution in [2.75, 3.05) is 59.0 Å². The third-order valence-electron chi connectivity index (χ3n) is 7.64. The fourth-order valence-corrected chi connectivity index (χ4v) is 7.02. The molecule has 5 nitrogen and oxygen atoms in total. The van der Waals surface area contributed by atoms with Gasteiger partial charge in [0.15, 0.2) is 0 Å². The molecular weight excluding hydrogens is 382 g/mol. The van der Waals surface area contributed by atoms with Crippen molar-refractivity contribution in [3.05, 3.63) is 21.9 Å². The summed E-state index contributed by atoms with van der Waals surface area (Å²) in [5.74, 6) is 1.24. The summed E-state index contributed by atoms with van der Waals surface area (Å²) in [6.45, 7) is 9.55. The molecule has 3 saturated heterocycles. The molecule has 0 radical (unpaired) electrons. The molecule has 1 aromatic heterocycles. The van der Waals surface area contributed by atoms with Crippen molar-refractivity contribution in [1.82, 2.24) is 14.7 Å². The van der Waals surface area contributed by atoms with Crippen molar-refractivity contribution in [3.63, 3.8) is 0 Å². The van der Waals surface area contributed by atoms with Gasteiger partial charge in [-0.05, 0) is 50.3 Å². The summed E-state index contributed by atoms with van der Waals surface area (Å²) in [6.07, 6.45) is 7.64. The highest BCUT2D eigenvalue weighted by atomic mass is 32.1. The molecule has 5 rings (SSSR count). The van der Waals surface area contributed by atoms with Gasteiger partial charge in [-0.2, -0.15) is 0 Å². The zero-order valence-electron chi connectivity index (χ0n) is 17.6. The van der Waals surface area contributed by atoms with Gasteiger partial charge in [0.05, 0.1) is 18.6 Å². The van der Waals surface area contributed by atoms with Crippen molar-refractivity contribution in [2.45, 2.75) is 51.0 Å². The number of hydrogen-bond donors (Lipinski definition) is 0. The number of carbonyl (C=O) groups is 1. The van der Waals surface area contributed by atoms with E-state index in [2.05, 4.69) is 26.8 Å². The lowest BCUT2D eigenvalue weighted by molar-refractivity contribution is -0.135. The Morgan fingerprint density at radius 3 is 2.62 bits per heavy atom. The van der Waals surface area contributed by atoms with E-state index in [1.54, 1.807) is 4.88 Å². The number of morpholine rings is 1. The lowest BCUT2D eigenvalue weighted by Crippen LogP contribution is -2.43. The maximum atomic E-state index is 13.2. The van der Waals surface area contributed by atoms with Gasteiger partial charge in [-0.25, -0.2) is 0 Å². The van der Waals surface area contributed by atoms with Gasteiger partial charge >= 0.3 is 0 Å². The number of hydrogen-bond acceptors (Lipinski definition) is 5. The quantitative estimate of drug-likeness (QED) is 0.712. The van der Waals surface area contributed by atoms with Crippen molar-refractivity contribution in [2.24, 2.45) is 5.41 Å². The van der Waals surface area contributed by atoms with Crippen LogP contribution in [0.1, 0.15) is 54.2 Å². The van der Waals surface area contributed by atoms with Gasteiger partial charge in [0, 0.05) is 55.6 Å². The van der Waals surface area contributed by atoms with E-state index in [-0.39, 0.29) is 5.41 Å². The fourth-order valence-electron chi connectivity index (χ4n) is 5.79. The van der Waals surface area contributed by atoms with Crippen LogP contribution in [0.5, 0.6) is 0 Å². The lowest BCUT2D eigenvalue weighted by Gasteiger charge is -2.29. The molecule has 4 aliphatic rings. The molecule has 1 amide bonds. The Kier molecular flexibility index (Phi) is 5.96. The molecule has 160 valence electrons. The van der Waals surface area contributed by atoms with Crippen molar-refractivity contribution >= 4 is 17.2 Å². The number of amides is 1. The van der Waals surface area contributed by atoms with Crippen molar-refractivity contribution in [3.8, 4) is 0 Å². The van der Waals surface area contributed by atoms with Gasteiger partial charge < -0.3 is 9.64 Å². The normalized spacial score (nSPS) is 29.7. The number of likely N-dealkylation sites (tertiary alicyclic amines) is 2. The summed E-state index contributed by atoms with van der Waals surface area (Å²) in [5.41, 5.74) is -0.101. The Bertz CT molecular complexity index is 711. The van der Waals surface area contributed by atoms with E-state index < -0.39 is 0 Å². The van der Waals surface area contributed by atoms with E-state index in [1.165, 1.54) is 30.6 Å². The van der Waals surface area contributed by atoms with Gasteiger partial charge in [0.2, 0.25) is 5.91 Å². The summed E-state index contributed by atoms with van der Waals surface area (Å²) < 4.78 is 5.43. The standard InChI is InChI=1S/C23H35N3O2S/c27-22-23(8-10-26(22)12-11-24-13-15-28-16-14-24)7-9-25(18-23)17-20-5-6-21(29-20)19-3-1-2-4-19/h5-6,19H,1-4,7-18H2. The van der Waals surface area contributed by atoms with E-state index in [4.69, 9.17) is 4.74 Å². The predicted octanol–water partition coefficient (Wildman–Crippen LogP) is 3.16. The maximum Gasteiger partial charge on any atom is 0.230 e. The summed E-state index contributed by atoms with van der Waals surface area (Å²) in [7, 11) is 0. The minimum Gasteiger partial charge on any atom is -0.379 e. The number of rotatable bonds is 6. The topological polar surface area (TPSA) is 36.0 Å². The molecule has 1 unspecified atom stereocenters. The highest BCUT2D eigenvalue weighted by Crippen LogP contribution is 2.42. The second-order valence-electron chi connectivity index (χ2n) is 9.52. The first-order chi connectivity index (χ1) is 14.2. The summed E-state index contributed by atoms with van der Waals surface area (Å²) >= 11 is 2.02. The van der Waals surface area contributed by atoms with Crippen LogP contribution in [0.4, 0.5) is 0 Å². The predicted molar refractivity (Wildman–Crippen MR) is 116 cm³/mol. The smallest absolute Gasteiger partial charge is 0.230 e. The number of nitrogens with zero attached hydrogens (tertiary/aromatic N) is 3. The minimum atomic E-state index is -0.101. The van der Waals surface area contributed by atoms with Crippen molar-refractivity contribution < 1.29 is 9.53 Å². The van der Waals surface area contributed by atoms with E-state index in [9.17, 15) is 4.79 Å². The van der Waals surface area contributed by atoms with Crippen LogP contribution >= 0.6 is 11.3 Å². The van der Waals surface area contributed by atoms with Crippen LogP contribution in [-0.2, 0) is 16.1 Å². The third-order valence-corrected chi connectivity index (χ3v) is 8.88. The van der Waals surface area contributed by atoms with Gasteiger partial charge in [-0.1, -0.05) is 12.8 Å². The van der Waals surface area contributed by atoms with Gasteiger partial charge in [-0.15, -0.1) is 11.3 Å². The molecule has 6 heteroatoms. The SMILES string of the molecule is O=C1N(CCN2CCOCC2)CCC12CCN(Cc1ccc(C3CCCC3)s1)C2. The van der Waals surface area contributed by atoms with Crippen LogP contribution < -0.4 is 0 Å². The van der Waals surface area contributed by atoms with E-state index in [1.807, 2.05) is 11.3 Å². The molecule has 1 atom stereocenters. The molecule has 0 bridgehead atoms. The second kappa shape index (κ2) is 8.66. The minimum absolute atomic E-state index is 0.101. The zero-order valence-corrected chi connectivity index (χ0v) is 18.4. The first-order valence-electron chi connectivity index (χ1n) is 11.6. The van der Waals surface area contributed by atoms with E-state index in [0.717, 1.165) is 84.3 Å². The third kappa shape index (κ3) is 4.27. The Labute approximate surface area is 179 Å². The van der Waals surface area contributed by atoms with Crippen LogP contribution in [0.3, 0.4) is 0 Å². The zero-order chi connectivity index (χ0) is 19.7. The maximum absolute atomic E-state index is 13.2. The molecular formula is C23H35N3O2S. The average molecular weight is 418 g/mol. The molecule has 4 fully saturated rings. The Hall–Kier alpha value is -0.950. The average Bonchev–Trinajstić information content (AvgIpc) is 3.53. The van der Waals surface area contributed by atoms with Crippen molar-refractivity contribution in [1.29, 1.82) is 0 Å². The molecule has 1 spiro atoms. The molecule has 29 heavy (non-hydrogen) atoms. The molecule has 1 saturated carbocycles. The van der Waals surface area contributed by atoms with E-state index >= 15 is 0 Å². The molecule has 3 aliphatic heterocycles. The van der Waals surface area contributed by atoms with Gasteiger partial charge in [0.25, 0.3) is 0 Å². The van der Waals surface area contributed by atoms with Gasteiger partial charge in [-0.3, -0.25) is 14.6 Å². The number of thiophene rings is 1. The van der Waals surface area contributed by atoms with Crippen LogP contribution in [0.25, 0.3) is 0 Å². The number of carbonyl (C=O) groups excluding carboxylic acids is 1. The van der Waals surface area contributed by atoms with Crippen LogP contribution in [0.15, 0.2) is 12.1 Å². The second-order valence-corrected chi connectivity index (χ2v) is 10.7.